The molecule has 1 atom stereocenters. The van der Waals surface area contributed by atoms with Crippen molar-refractivity contribution in [3.8, 4) is 0 Å². The molecule has 5 heterocycles. The lowest BCUT2D eigenvalue weighted by Crippen LogP contribution is -2.42. The average molecular weight is 979 g/mol. The SMILES string of the molecule is O=C(c1ccc(F)cc1)N1CCC2=CCCCC2=C1CCN1CCC(C2=CN=C3CC(Cl)=CC=C23)CC1.O=C(c1ccc(F)cc1)N1CCc2ccccc2C1CCN1CCC(c2cccc(F)c2)CC1. The maximum Gasteiger partial charge on any atom is 0.258 e. The molecule has 0 spiro atoms. The van der Waals surface area contributed by atoms with Crippen molar-refractivity contribution in [3.05, 3.63) is 200 Å². The van der Waals surface area contributed by atoms with E-state index in [1.807, 2.05) is 28.0 Å². The molecule has 0 N–H and O–H groups in total. The van der Waals surface area contributed by atoms with Crippen molar-refractivity contribution in [2.24, 2.45) is 10.9 Å². The number of nitrogens with zero attached hydrogens (tertiary/aromatic N) is 5. The molecule has 5 aliphatic heterocycles. The number of rotatable bonds is 10. The van der Waals surface area contributed by atoms with Gasteiger partial charge in [-0.25, -0.2) is 13.2 Å². The number of allylic oxidation sites excluding steroid dienone is 7. The fourth-order valence-corrected chi connectivity index (χ4v) is 12.2. The van der Waals surface area contributed by atoms with Crippen molar-refractivity contribution < 1.29 is 22.8 Å². The van der Waals surface area contributed by atoms with Crippen LogP contribution >= 0.6 is 11.6 Å². The van der Waals surface area contributed by atoms with Gasteiger partial charge in [0.05, 0.1) is 11.8 Å². The Hall–Kier alpha value is -5.81. The predicted octanol–water partition coefficient (Wildman–Crippen LogP) is 12.9. The third-order valence-corrected chi connectivity index (χ3v) is 16.1. The second-order valence-electron chi connectivity index (χ2n) is 20.1. The number of amides is 2. The van der Waals surface area contributed by atoms with Crippen LogP contribution in [0.15, 0.2) is 160 Å². The molecule has 0 bridgehead atoms. The van der Waals surface area contributed by atoms with E-state index in [1.54, 1.807) is 36.4 Å². The van der Waals surface area contributed by atoms with E-state index in [0.717, 1.165) is 133 Å². The highest BCUT2D eigenvalue weighted by Crippen LogP contribution is 2.40. The number of piperidine rings is 2. The Labute approximate surface area is 421 Å². The van der Waals surface area contributed by atoms with E-state index in [2.05, 4.69) is 51.3 Å². The van der Waals surface area contributed by atoms with Crippen molar-refractivity contribution in [3.63, 3.8) is 0 Å². The number of aliphatic imine (C=N–C) groups is 1. The molecule has 7 aliphatic rings. The first-order valence-electron chi connectivity index (χ1n) is 25.8. The number of hydrogen-bond donors (Lipinski definition) is 0. The zero-order valence-electron chi connectivity index (χ0n) is 40.5. The van der Waals surface area contributed by atoms with Gasteiger partial charge in [-0.1, -0.05) is 60.2 Å². The number of carbonyl (C=O) groups excluding carboxylic acids is 2. The van der Waals surface area contributed by atoms with Crippen LogP contribution in [0.4, 0.5) is 13.2 Å². The van der Waals surface area contributed by atoms with E-state index in [1.165, 1.54) is 69.4 Å². The van der Waals surface area contributed by atoms with E-state index in [9.17, 15) is 22.8 Å². The summed E-state index contributed by atoms with van der Waals surface area (Å²) < 4.78 is 40.5. The molecule has 368 valence electrons. The molecule has 71 heavy (non-hydrogen) atoms. The Kier molecular flexibility index (Phi) is 15.3. The fourth-order valence-electron chi connectivity index (χ4n) is 12.0. The van der Waals surface area contributed by atoms with Gasteiger partial charge in [0.15, 0.2) is 0 Å². The molecular weight excluding hydrogens is 915 g/mol. The lowest BCUT2D eigenvalue weighted by molar-refractivity contribution is 0.0630. The number of benzene rings is 4. The zero-order valence-corrected chi connectivity index (χ0v) is 41.2. The van der Waals surface area contributed by atoms with Crippen molar-refractivity contribution in [2.75, 3.05) is 52.4 Å². The molecule has 4 aromatic rings. The Bertz CT molecular complexity index is 2800. The van der Waals surface area contributed by atoms with Crippen LogP contribution in [0.25, 0.3) is 0 Å². The molecule has 2 amide bonds. The quantitative estimate of drug-likeness (QED) is 0.159. The van der Waals surface area contributed by atoms with E-state index in [0.29, 0.717) is 36.1 Å². The minimum Gasteiger partial charge on any atom is -0.331 e. The van der Waals surface area contributed by atoms with E-state index < -0.39 is 0 Å². The van der Waals surface area contributed by atoms with Gasteiger partial charge < -0.3 is 19.6 Å². The van der Waals surface area contributed by atoms with Crippen molar-refractivity contribution in [2.45, 2.75) is 89.0 Å². The molecule has 7 nitrogen and oxygen atoms in total. The number of likely N-dealkylation sites (tertiary alicyclic amines) is 2. The summed E-state index contributed by atoms with van der Waals surface area (Å²) in [5, 5.41) is 0.855. The van der Waals surface area contributed by atoms with Gasteiger partial charge in [-0.3, -0.25) is 14.6 Å². The van der Waals surface area contributed by atoms with Crippen LogP contribution in [0.1, 0.15) is 120 Å². The summed E-state index contributed by atoms with van der Waals surface area (Å²) in [6.45, 7) is 7.28. The molecule has 2 fully saturated rings. The molecule has 0 saturated carbocycles. The molecule has 2 aliphatic carbocycles. The molecule has 11 heteroatoms. The van der Waals surface area contributed by atoms with Crippen LogP contribution in [-0.4, -0.2) is 89.5 Å². The minimum atomic E-state index is -0.335. The highest BCUT2D eigenvalue weighted by Gasteiger charge is 2.34. The maximum atomic E-state index is 13.6. The molecule has 0 radical (unpaired) electrons. The number of fused-ring (bicyclic) bond motifs is 3. The number of carbonyl (C=O) groups is 2. The second kappa shape index (κ2) is 22.3. The molecule has 0 aromatic heterocycles. The average Bonchev–Trinajstić information content (AvgIpc) is 3.83. The fraction of sp³-hybridized carbons (Fsp3) is 0.383. The summed E-state index contributed by atoms with van der Waals surface area (Å²) in [6, 6.07) is 27.2. The third kappa shape index (κ3) is 11.3. The van der Waals surface area contributed by atoms with Gasteiger partial charge in [-0.05, 0) is 202 Å². The van der Waals surface area contributed by atoms with Gasteiger partial charge in [-0.2, -0.15) is 0 Å². The van der Waals surface area contributed by atoms with Gasteiger partial charge in [0, 0.05) is 72.6 Å². The smallest absolute Gasteiger partial charge is 0.258 e. The first-order chi connectivity index (χ1) is 34.6. The van der Waals surface area contributed by atoms with Crippen LogP contribution in [0.2, 0.25) is 0 Å². The third-order valence-electron chi connectivity index (χ3n) is 15.9. The van der Waals surface area contributed by atoms with E-state index >= 15 is 0 Å². The normalized spacial score (nSPS) is 20.9. The molecule has 1 unspecified atom stereocenters. The van der Waals surface area contributed by atoms with E-state index in [4.69, 9.17) is 11.6 Å². The van der Waals surface area contributed by atoms with Crippen molar-refractivity contribution >= 4 is 29.1 Å². The Morgan fingerprint density at radius 1 is 0.676 bits per heavy atom. The summed E-state index contributed by atoms with van der Waals surface area (Å²) >= 11 is 6.21. The summed E-state index contributed by atoms with van der Waals surface area (Å²) in [5.41, 5.74) is 12.5. The first kappa shape index (κ1) is 48.8. The van der Waals surface area contributed by atoms with Gasteiger partial charge >= 0.3 is 0 Å². The van der Waals surface area contributed by atoms with Gasteiger partial charge in [0.2, 0.25) is 0 Å². The Morgan fingerprint density at radius 3 is 2.10 bits per heavy atom. The highest BCUT2D eigenvalue weighted by molar-refractivity contribution is 6.32. The van der Waals surface area contributed by atoms with Gasteiger partial charge in [0.1, 0.15) is 17.5 Å². The maximum absolute atomic E-state index is 13.6. The molecule has 4 aromatic carbocycles. The van der Waals surface area contributed by atoms with Crippen LogP contribution in [0.5, 0.6) is 0 Å². The monoisotopic (exact) mass is 977 g/mol. The summed E-state index contributed by atoms with van der Waals surface area (Å²) in [7, 11) is 0. The van der Waals surface area contributed by atoms with Crippen molar-refractivity contribution in [1.29, 1.82) is 0 Å². The number of hydrogen-bond acceptors (Lipinski definition) is 5. The summed E-state index contributed by atoms with van der Waals surface area (Å²) in [6.07, 6.45) is 20.4. The van der Waals surface area contributed by atoms with Gasteiger partial charge in [0.25, 0.3) is 11.8 Å². The Morgan fingerprint density at radius 2 is 1.37 bits per heavy atom. The van der Waals surface area contributed by atoms with Crippen molar-refractivity contribution in [1.82, 2.24) is 19.6 Å². The largest absolute Gasteiger partial charge is 0.331 e. The highest BCUT2D eigenvalue weighted by atomic mass is 35.5. The zero-order chi connectivity index (χ0) is 48.8. The minimum absolute atomic E-state index is 0.00319. The van der Waals surface area contributed by atoms with E-state index in [-0.39, 0.29) is 35.3 Å². The topological polar surface area (TPSA) is 59.5 Å². The standard InChI is InChI=1S/C31H33ClFN3O.C29H30F2N2O/c32-24-7-10-27-28(20-34-29(27)19-24)22-11-15-35(16-12-22)17-14-30-26-4-2-1-3-21(26)13-18-36(30)31(37)23-5-8-25(33)9-6-23;30-25-10-8-23(9-11-25)29(34)33-19-14-22-4-1-2-7-27(22)28(33)15-18-32-16-12-21(13-17-32)24-5-3-6-26(31)20-24/h3,5-10,20,22H,1-2,4,11-19H2;1-11,20-21,28H,12-19H2. The van der Waals surface area contributed by atoms with Crippen LogP contribution in [0, 0.1) is 23.4 Å². The molecule has 11 rings (SSSR count). The lowest BCUT2D eigenvalue weighted by Gasteiger charge is -2.39. The van der Waals surface area contributed by atoms with Crippen LogP contribution in [0.3, 0.4) is 0 Å². The van der Waals surface area contributed by atoms with Gasteiger partial charge in [-0.15, -0.1) is 0 Å². The number of halogens is 4. The summed E-state index contributed by atoms with van der Waals surface area (Å²) in [4.78, 5) is 40.5. The Balaban J connectivity index is 0.000000165. The lowest BCUT2D eigenvalue weighted by atomic mass is 9.83. The molecular formula is C60H63ClF3N5O2. The first-order valence-corrected chi connectivity index (χ1v) is 26.2. The molecule has 2 saturated heterocycles. The second-order valence-corrected chi connectivity index (χ2v) is 20.6. The van der Waals surface area contributed by atoms with Crippen LogP contribution in [-0.2, 0) is 6.42 Å². The predicted molar refractivity (Wildman–Crippen MR) is 277 cm³/mol. The van der Waals surface area contributed by atoms with Crippen LogP contribution < -0.4 is 0 Å². The summed E-state index contributed by atoms with van der Waals surface area (Å²) in [5.74, 6) is 0.0783.